The van der Waals surface area contributed by atoms with E-state index in [0.717, 1.165) is 0 Å². The highest BCUT2D eigenvalue weighted by Crippen LogP contribution is 2.11. The largest absolute Gasteiger partial charge is 0.542 e. The van der Waals surface area contributed by atoms with Gasteiger partial charge in [-0.3, -0.25) is 0 Å². The van der Waals surface area contributed by atoms with Gasteiger partial charge in [-0.05, 0) is 6.07 Å². The van der Waals surface area contributed by atoms with Gasteiger partial charge in [-0.2, -0.15) is 18.4 Å². The Hall–Kier alpha value is -2.10. The van der Waals surface area contributed by atoms with Crippen LogP contribution in [0.3, 0.4) is 0 Å². The van der Waals surface area contributed by atoms with E-state index < -0.39 is 12.1 Å². The Balaban J connectivity index is 0.000000265. The fourth-order valence-electron chi connectivity index (χ4n) is 0.463. The molecule has 4 nitrogen and oxygen atoms in total. The molecule has 0 saturated carbocycles. The van der Waals surface area contributed by atoms with Crippen molar-refractivity contribution in [3.05, 3.63) is 30.1 Å². The Kier molecular flexibility index (Phi) is 4.81. The molecule has 0 bridgehead atoms. The average Bonchev–Trinajstić information content (AvgIpc) is 2.18. The number of aromatic nitrogens is 1. The SMILES string of the molecule is N#Cc1ccc[nH+]c1.O=C([O-])C(F)(F)F. The Morgan fingerprint density at radius 3 is 2.27 bits per heavy atom. The number of H-pyrrole nitrogens is 1. The van der Waals surface area contributed by atoms with Gasteiger partial charge in [0.15, 0.2) is 12.4 Å². The van der Waals surface area contributed by atoms with Gasteiger partial charge in [-0.25, -0.2) is 4.98 Å². The molecule has 0 unspecified atom stereocenters. The lowest BCUT2D eigenvalue weighted by molar-refractivity contribution is -0.378. The van der Waals surface area contributed by atoms with Crippen LogP contribution in [-0.4, -0.2) is 12.1 Å². The highest BCUT2D eigenvalue weighted by molar-refractivity contribution is 5.70. The van der Waals surface area contributed by atoms with Gasteiger partial charge in [-0.15, -0.1) is 0 Å². The molecule has 0 fully saturated rings. The Bertz CT molecular complexity index is 356. The molecule has 0 radical (unpaired) electrons. The van der Waals surface area contributed by atoms with Crippen molar-refractivity contribution in [3.63, 3.8) is 0 Å². The first-order valence-electron chi connectivity index (χ1n) is 3.52. The van der Waals surface area contributed by atoms with Crippen LogP contribution < -0.4 is 10.1 Å². The molecule has 0 atom stereocenters. The average molecular weight is 218 g/mol. The van der Waals surface area contributed by atoms with E-state index in [9.17, 15) is 13.2 Å². The summed E-state index contributed by atoms with van der Waals surface area (Å²) in [6, 6.07) is 5.53. The van der Waals surface area contributed by atoms with E-state index in [-0.39, 0.29) is 0 Å². The normalized spacial score (nSPS) is 9.47. The maximum atomic E-state index is 10.5. The van der Waals surface area contributed by atoms with Crippen molar-refractivity contribution in [2.24, 2.45) is 0 Å². The van der Waals surface area contributed by atoms with Crippen LogP contribution in [0.5, 0.6) is 0 Å². The number of carboxylic acid groups (broad SMARTS) is 1. The molecule has 0 aliphatic heterocycles. The van der Waals surface area contributed by atoms with Crippen molar-refractivity contribution < 1.29 is 28.1 Å². The van der Waals surface area contributed by atoms with E-state index in [1.165, 1.54) is 0 Å². The van der Waals surface area contributed by atoms with Crippen molar-refractivity contribution in [1.29, 1.82) is 5.26 Å². The summed E-state index contributed by atoms with van der Waals surface area (Å²) in [6.45, 7) is 0. The summed E-state index contributed by atoms with van der Waals surface area (Å²) < 4.78 is 31.5. The van der Waals surface area contributed by atoms with Crippen LogP contribution in [0.15, 0.2) is 24.5 Å². The molecular formula is C8H5F3N2O2. The number of hydrogen-bond acceptors (Lipinski definition) is 3. The molecule has 80 valence electrons. The molecule has 1 heterocycles. The number of nitrogens with one attached hydrogen (secondary N) is 1. The van der Waals surface area contributed by atoms with E-state index >= 15 is 0 Å². The number of alkyl halides is 3. The number of carbonyl (C=O) groups is 1. The van der Waals surface area contributed by atoms with Gasteiger partial charge in [0.1, 0.15) is 17.6 Å². The summed E-state index contributed by atoms with van der Waals surface area (Å²) in [4.78, 5) is 11.6. The zero-order valence-electron chi connectivity index (χ0n) is 7.21. The zero-order chi connectivity index (χ0) is 11.9. The fourth-order valence-corrected chi connectivity index (χ4v) is 0.463. The minimum absolute atomic E-state index is 0.660. The summed E-state index contributed by atoms with van der Waals surface area (Å²) in [6.07, 6.45) is -1.78. The molecule has 1 aromatic heterocycles. The van der Waals surface area contributed by atoms with Crippen LogP contribution >= 0.6 is 0 Å². The molecule has 0 aromatic carbocycles. The van der Waals surface area contributed by atoms with Gasteiger partial charge in [0.25, 0.3) is 0 Å². The van der Waals surface area contributed by atoms with E-state index in [1.807, 2.05) is 6.07 Å². The standard InChI is InChI=1S/C6H4N2.C2HF3O2/c7-4-6-2-1-3-8-5-6;3-2(4,5)1(6)7/h1-3,5H;(H,6,7). The lowest BCUT2D eigenvalue weighted by atomic mass is 10.3. The molecule has 15 heavy (non-hydrogen) atoms. The number of rotatable bonds is 0. The maximum Gasteiger partial charge on any atom is 0.430 e. The van der Waals surface area contributed by atoms with Crippen LogP contribution in [0.2, 0.25) is 0 Å². The first-order valence-corrected chi connectivity index (χ1v) is 3.52. The van der Waals surface area contributed by atoms with Gasteiger partial charge in [-0.1, -0.05) is 0 Å². The second-order valence-electron chi connectivity index (χ2n) is 2.19. The first-order chi connectivity index (χ1) is 6.88. The smallest absolute Gasteiger partial charge is 0.430 e. The van der Waals surface area contributed by atoms with Crippen LogP contribution in [0, 0.1) is 11.3 Å². The third-order valence-electron chi connectivity index (χ3n) is 1.07. The van der Waals surface area contributed by atoms with Crippen LogP contribution in [-0.2, 0) is 4.79 Å². The molecule has 0 aliphatic rings. The van der Waals surface area contributed by atoms with Gasteiger partial charge >= 0.3 is 6.18 Å². The Morgan fingerprint density at radius 2 is 2.07 bits per heavy atom. The highest BCUT2D eigenvalue weighted by Gasteiger charge is 2.28. The van der Waals surface area contributed by atoms with Crippen molar-refractivity contribution >= 4 is 5.97 Å². The monoisotopic (exact) mass is 218 g/mol. The topological polar surface area (TPSA) is 78.1 Å². The van der Waals surface area contributed by atoms with Crippen LogP contribution in [0.4, 0.5) is 13.2 Å². The molecule has 0 aliphatic carbocycles. The third kappa shape index (κ3) is 6.04. The predicted molar refractivity (Wildman–Crippen MR) is 38.8 cm³/mol. The lowest BCUT2D eigenvalue weighted by Gasteiger charge is -2.03. The number of carbonyl (C=O) groups excluding carboxylic acids is 1. The predicted octanol–water partition coefficient (Wildman–Crippen LogP) is -0.329. The number of nitrogens with zero attached hydrogens (tertiary/aromatic N) is 1. The molecule has 7 heteroatoms. The summed E-state index contributed by atoms with van der Waals surface area (Å²) in [7, 11) is 0. The van der Waals surface area contributed by atoms with Crippen LogP contribution in [0.1, 0.15) is 5.56 Å². The fraction of sp³-hybridized carbons (Fsp3) is 0.125. The molecule has 0 amide bonds. The minimum atomic E-state index is -5.19. The minimum Gasteiger partial charge on any atom is -0.542 e. The lowest BCUT2D eigenvalue weighted by Crippen LogP contribution is -2.37. The van der Waals surface area contributed by atoms with Gasteiger partial charge in [0.2, 0.25) is 0 Å². The number of halogens is 3. The van der Waals surface area contributed by atoms with E-state index in [2.05, 4.69) is 4.98 Å². The van der Waals surface area contributed by atoms with Gasteiger partial charge < -0.3 is 9.90 Å². The summed E-state index contributed by atoms with van der Waals surface area (Å²) in [5.74, 6) is -3.01. The quantitative estimate of drug-likeness (QED) is 0.598. The second-order valence-corrected chi connectivity index (χ2v) is 2.19. The van der Waals surface area contributed by atoms with Crippen LogP contribution in [0.25, 0.3) is 0 Å². The second kappa shape index (κ2) is 5.59. The van der Waals surface area contributed by atoms with E-state index in [0.29, 0.717) is 5.56 Å². The number of nitriles is 1. The molecule has 1 rings (SSSR count). The van der Waals surface area contributed by atoms with Crippen molar-refractivity contribution in [3.8, 4) is 6.07 Å². The Morgan fingerprint density at radius 1 is 1.53 bits per heavy atom. The summed E-state index contributed by atoms with van der Waals surface area (Å²) in [5.41, 5.74) is 0.660. The maximum absolute atomic E-state index is 10.5. The van der Waals surface area contributed by atoms with Crippen molar-refractivity contribution in [1.82, 2.24) is 0 Å². The number of aliphatic carboxylic acids is 1. The number of carboxylic acids is 1. The number of hydrogen-bond donors (Lipinski definition) is 0. The molecular weight excluding hydrogens is 213 g/mol. The third-order valence-corrected chi connectivity index (χ3v) is 1.07. The van der Waals surface area contributed by atoms with E-state index in [4.69, 9.17) is 15.2 Å². The molecule has 0 saturated heterocycles. The van der Waals surface area contributed by atoms with Crippen molar-refractivity contribution in [2.45, 2.75) is 6.18 Å². The zero-order valence-corrected chi connectivity index (χ0v) is 7.21. The highest BCUT2D eigenvalue weighted by atomic mass is 19.4. The van der Waals surface area contributed by atoms with Crippen molar-refractivity contribution in [2.75, 3.05) is 0 Å². The molecule has 1 aromatic rings. The number of aromatic amines is 1. The first kappa shape index (κ1) is 12.9. The Labute approximate surface area is 82.6 Å². The van der Waals surface area contributed by atoms with Gasteiger partial charge in [0, 0.05) is 6.07 Å². The molecule has 1 N–H and O–H groups in total. The summed E-state index contributed by atoms with van der Waals surface area (Å²) >= 11 is 0. The summed E-state index contributed by atoms with van der Waals surface area (Å²) in [5, 5.41) is 17.1. The van der Waals surface area contributed by atoms with E-state index in [1.54, 1.807) is 24.5 Å². The van der Waals surface area contributed by atoms with Gasteiger partial charge in [0.05, 0.1) is 0 Å². The molecule has 0 spiro atoms. The number of pyridine rings is 1.